The van der Waals surface area contributed by atoms with Crippen LogP contribution in [0.2, 0.25) is 0 Å². The maximum absolute atomic E-state index is 12.6. The predicted molar refractivity (Wildman–Crippen MR) is 94.8 cm³/mol. The van der Waals surface area contributed by atoms with Gasteiger partial charge in [0.2, 0.25) is 0 Å². The van der Waals surface area contributed by atoms with Gasteiger partial charge in [-0.1, -0.05) is 17.7 Å². The molecule has 0 spiro atoms. The van der Waals surface area contributed by atoms with E-state index < -0.39 is 23.8 Å². The van der Waals surface area contributed by atoms with Crippen molar-refractivity contribution in [2.75, 3.05) is 5.75 Å². The van der Waals surface area contributed by atoms with Crippen LogP contribution < -0.4 is 4.74 Å². The minimum atomic E-state index is -4.44. The summed E-state index contributed by atoms with van der Waals surface area (Å²) in [5.74, 6) is -0.532. The number of aryl methyl sites for hydroxylation is 2. The Labute approximate surface area is 154 Å². The molecule has 0 aliphatic rings. The summed E-state index contributed by atoms with van der Waals surface area (Å²) < 4.78 is 43.0. The van der Waals surface area contributed by atoms with E-state index in [-0.39, 0.29) is 12.2 Å². The highest BCUT2D eigenvalue weighted by molar-refractivity contribution is 7.99. The number of carbonyl (C=O) groups is 1. The maximum Gasteiger partial charge on any atom is 0.416 e. The van der Waals surface area contributed by atoms with Gasteiger partial charge in [-0.25, -0.2) is 4.79 Å². The lowest BCUT2D eigenvalue weighted by Gasteiger charge is -2.16. The van der Waals surface area contributed by atoms with Crippen molar-refractivity contribution in [1.29, 1.82) is 0 Å². The van der Waals surface area contributed by atoms with Gasteiger partial charge in [0.15, 0.2) is 6.10 Å². The van der Waals surface area contributed by atoms with Crippen LogP contribution in [-0.2, 0) is 11.0 Å². The van der Waals surface area contributed by atoms with Gasteiger partial charge in [0.05, 0.1) is 5.56 Å². The number of ether oxygens (including phenoxy) is 1. The highest BCUT2D eigenvalue weighted by Gasteiger charge is 2.30. The summed E-state index contributed by atoms with van der Waals surface area (Å²) in [6.07, 6.45) is -5.33. The zero-order valence-corrected chi connectivity index (χ0v) is 15.2. The fourth-order valence-corrected chi connectivity index (χ4v) is 3.38. The molecule has 0 saturated heterocycles. The number of benzene rings is 2. The van der Waals surface area contributed by atoms with E-state index in [0.29, 0.717) is 5.75 Å². The lowest BCUT2D eigenvalue weighted by molar-refractivity contribution is -0.145. The van der Waals surface area contributed by atoms with Gasteiger partial charge >= 0.3 is 12.1 Å². The van der Waals surface area contributed by atoms with Crippen molar-refractivity contribution in [1.82, 2.24) is 0 Å². The predicted octanol–water partition coefficient (Wildman–Crippen LogP) is 5.34. The van der Waals surface area contributed by atoms with E-state index in [1.165, 1.54) is 11.8 Å². The van der Waals surface area contributed by atoms with Crippen molar-refractivity contribution in [2.24, 2.45) is 0 Å². The first-order valence-electron chi connectivity index (χ1n) is 7.93. The molecule has 2 aromatic rings. The van der Waals surface area contributed by atoms with Gasteiger partial charge in [-0.2, -0.15) is 13.2 Å². The van der Waals surface area contributed by atoms with Crippen molar-refractivity contribution in [3.8, 4) is 5.75 Å². The number of halogens is 3. The van der Waals surface area contributed by atoms with Crippen LogP contribution in [0.4, 0.5) is 13.2 Å². The Morgan fingerprint density at radius 1 is 1.15 bits per heavy atom. The molecule has 0 aliphatic heterocycles. The molecule has 1 N–H and O–H groups in total. The molecule has 3 nitrogen and oxygen atoms in total. The second-order valence-corrected chi connectivity index (χ2v) is 7.01. The summed E-state index contributed by atoms with van der Waals surface area (Å²) in [6.45, 7) is 3.96. The van der Waals surface area contributed by atoms with Gasteiger partial charge in [0.25, 0.3) is 0 Å². The van der Waals surface area contributed by atoms with Gasteiger partial charge < -0.3 is 9.84 Å². The number of thioether (sulfide) groups is 1. The minimum absolute atomic E-state index is 0.0992. The van der Waals surface area contributed by atoms with E-state index in [2.05, 4.69) is 0 Å². The third-order valence-electron chi connectivity index (χ3n) is 3.72. The first kappa shape index (κ1) is 20.2. The molecule has 2 rings (SSSR count). The smallest absolute Gasteiger partial charge is 0.416 e. The van der Waals surface area contributed by atoms with E-state index in [9.17, 15) is 23.1 Å². The lowest BCUT2D eigenvalue weighted by atomic mass is 10.2. The van der Waals surface area contributed by atoms with Gasteiger partial charge in [0.1, 0.15) is 5.75 Å². The average Bonchev–Trinajstić information content (AvgIpc) is 2.56. The summed E-state index contributed by atoms with van der Waals surface area (Å²) >= 11 is 1.53. The van der Waals surface area contributed by atoms with Crippen LogP contribution in [0.3, 0.4) is 0 Å². The summed E-state index contributed by atoms with van der Waals surface area (Å²) in [7, 11) is 0. The molecule has 0 amide bonds. The zero-order chi connectivity index (χ0) is 19.3. The molecular formula is C19H19F3O3S. The quantitative estimate of drug-likeness (QED) is 0.655. The normalized spacial score (nSPS) is 12.7. The van der Waals surface area contributed by atoms with E-state index in [4.69, 9.17) is 4.74 Å². The Kier molecular flexibility index (Phi) is 6.58. The third kappa shape index (κ3) is 5.69. The molecule has 1 atom stereocenters. The molecular weight excluding hydrogens is 365 g/mol. The highest BCUT2D eigenvalue weighted by Crippen LogP contribution is 2.31. The fourth-order valence-electron chi connectivity index (χ4n) is 2.26. The van der Waals surface area contributed by atoms with Crippen LogP contribution in [0.1, 0.15) is 23.1 Å². The van der Waals surface area contributed by atoms with Crippen LogP contribution in [0.15, 0.2) is 47.4 Å². The van der Waals surface area contributed by atoms with Gasteiger partial charge in [0, 0.05) is 17.1 Å². The molecule has 0 aliphatic carbocycles. The maximum atomic E-state index is 12.6. The molecule has 26 heavy (non-hydrogen) atoms. The molecule has 0 aromatic heterocycles. The van der Waals surface area contributed by atoms with Crippen LogP contribution >= 0.6 is 11.8 Å². The molecule has 0 bridgehead atoms. The van der Waals surface area contributed by atoms with Gasteiger partial charge in [-0.05, 0) is 49.7 Å². The molecule has 140 valence electrons. The van der Waals surface area contributed by atoms with Crippen LogP contribution in [-0.4, -0.2) is 22.9 Å². The SMILES string of the molecule is Cc1ccc(C)c(SCCC(Oc2ccc(C(F)(F)F)cc2)C(=O)O)c1. The Balaban J connectivity index is 1.96. The second-order valence-electron chi connectivity index (χ2n) is 5.87. The van der Waals surface area contributed by atoms with Crippen LogP contribution in [0.5, 0.6) is 5.75 Å². The number of hydrogen-bond acceptors (Lipinski definition) is 3. The van der Waals surface area contributed by atoms with Crippen LogP contribution in [0, 0.1) is 13.8 Å². The van der Waals surface area contributed by atoms with Crippen molar-refractivity contribution < 1.29 is 27.8 Å². The first-order chi connectivity index (χ1) is 12.2. The largest absolute Gasteiger partial charge is 0.479 e. The molecule has 0 fully saturated rings. The Bertz CT molecular complexity index is 758. The number of carboxylic acid groups (broad SMARTS) is 1. The summed E-state index contributed by atoms with van der Waals surface area (Å²) in [5, 5.41) is 9.30. The lowest BCUT2D eigenvalue weighted by Crippen LogP contribution is -2.27. The molecule has 2 aromatic carbocycles. The summed E-state index contributed by atoms with van der Waals surface area (Å²) in [4.78, 5) is 12.5. The molecule has 0 heterocycles. The number of hydrogen-bond donors (Lipinski definition) is 1. The number of rotatable bonds is 7. The Hall–Kier alpha value is -2.15. The van der Waals surface area contributed by atoms with E-state index in [1.54, 1.807) is 0 Å². The fraction of sp³-hybridized carbons (Fsp3) is 0.316. The topological polar surface area (TPSA) is 46.5 Å². The average molecular weight is 384 g/mol. The third-order valence-corrected chi connectivity index (χ3v) is 4.91. The van der Waals surface area contributed by atoms with E-state index in [1.807, 2.05) is 32.0 Å². The Morgan fingerprint density at radius 2 is 1.81 bits per heavy atom. The second kappa shape index (κ2) is 8.49. The monoisotopic (exact) mass is 384 g/mol. The number of alkyl halides is 3. The molecule has 7 heteroatoms. The molecule has 0 radical (unpaired) electrons. The van der Waals surface area contributed by atoms with E-state index >= 15 is 0 Å². The van der Waals surface area contributed by atoms with Crippen molar-refractivity contribution in [3.63, 3.8) is 0 Å². The van der Waals surface area contributed by atoms with Crippen LogP contribution in [0.25, 0.3) is 0 Å². The van der Waals surface area contributed by atoms with Gasteiger partial charge in [-0.15, -0.1) is 11.8 Å². The van der Waals surface area contributed by atoms with Crippen molar-refractivity contribution >= 4 is 17.7 Å². The van der Waals surface area contributed by atoms with Gasteiger partial charge in [-0.3, -0.25) is 0 Å². The van der Waals surface area contributed by atoms with Crippen molar-refractivity contribution in [2.45, 2.75) is 37.4 Å². The number of carboxylic acids is 1. The summed E-state index contributed by atoms with van der Waals surface area (Å²) in [6, 6.07) is 10.1. The Morgan fingerprint density at radius 3 is 2.38 bits per heavy atom. The van der Waals surface area contributed by atoms with Crippen molar-refractivity contribution in [3.05, 3.63) is 59.2 Å². The zero-order valence-electron chi connectivity index (χ0n) is 14.3. The number of aliphatic carboxylic acids is 1. The standard InChI is InChI=1S/C19H19F3O3S/c1-12-3-4-13(2)17(11-12)26-10-9-16(18(23)24)25-15-7-5-14(6-8-15)19(20,21)22/h3-8,11,16H,9-10H2,1-2H3,(H,23,24). The molecule has 1 unspecified atom stereocenters. The van der Waals surface area contributed by atoms with E-state index in [0.717, 1.165) is 40.3 Å². The first-order valence-corrected chi connectivity index (χ1v) is 8.92. The molecule has 0 saturated carbocycles. The minimum Gasteiger partial charge on any atom is -0.479 e. The summed E-state index contributed by atoms with van der Waals surface area (Å²) in [5.41, 5.74) is 1.42. The highest BCUT2D eigenvalue weighted by atomic mass is 32.2.